The first-order valence-electron chi connectivity index (χ1n) is 8.04. The van der Waals surface area contributed by atoms with E-state index in [1.807, 2.05) is 0 Å². The third-order valence-corrected chi connectivity index (χ3v) is 10.4. The molecule has 0 aromatic rings. The molecule has 0 amide bonds. The molecule has 0 N–H and O–H groups in total. The summed E-state index contributed by atoms with van der Waals surface area (Å²) in [4.78, 5) is 0. The minimum absolute atomic E-state index is 0.112. The number of rotatable bonds is 12. The number of unbranched alkanes of at least 4 members (excludes halogenated alkanes) is 4. The minimum atomic E-state index is -0.112. The molecule has 0 aliphatic carbocycles. The molecule has 102 valence electrons. The fraction of sp³-hybridized carbons (Fsp3) is 1.00. The molecule has 0 spiro atoms. The summed E-state index contributed by atoms with van der Waals surface area (Å²) in [7, 11) is 0. The van der Waals surface area contributed by atoms with E-state index in [-0.39, 0.29) is 21.1 Å². The van der Waals surface area contributed by atoms with Crippen LogP contribution < -0.4 is 0 Å². The molecule has 0 nitrogen and oxygen atoms in total. The van der Waals surface area contributed by atoms with Crippen molar-refractivity contribution in [3.8, 4) is 0 Å². The Hall–Kier alpha value is 0.799. The van der Waals surface area contributed by atoms with Gasteiger partial charge in [0.25, 0.3) is 0 Å². The Bertz CT molecular complexity index is 128. The van der Waals surface area contributed by atoms with Gasteiger partial charge in [-0.15, -0.1) is 0 Å². The van der Waals surface area contributed by atoms with Crippen LogP contribution in [-0.4, -0.2) is 21.1 Å². The van der Waals surface area contributed by atoms with Gasteiger partial charge in [0.15, 0.2) is 0 Å². The van der Waals surface area contributed by atoms with E-state index in [0.717, 1.165) is 0 Å². The SMILES string of the molecule is CCCCC[CH](CC)[Sn][CH](CC)CCCCC. The van der Waals surface area contributed by atoms with Crippen molar-refractivity contribution >= 4 is 21.1 Å². The van der Waals surface area contributed by atoms with Crippen molar-refractivity contribution < 1.29 is 0 Å². The summed E-state index contributed by atoms with van der Waals surface area (Å²) in [6.45, 7) is 9.49. The molecule has 0 aromatic carbocycles. The molecule has 0 aliphatic rings. The maximum absolute atomic E-state index is 2.43. The Balaban J connectivity index is 3.77. The average molecular weight is 345 g/mol. The Morgan fingerprint density at radius 1 is 0.647 bits per heavy atom. The number of hydrogen-bond acceptors (Lipinski definition) is 0. The van der Waals surface area contributed by atoms with Gasteiger partial charge in [0.1, 0.15) is 0 Å². The van der Waals surface area contributed by atoms with Crippen LogP contribution in [0.3, 0.4) is 0 Å². The topological polar surface area (TPSA) is 0 Å². The van der Waals surface area contributed by atoms with Crippen molar-refractivity contribution in [3.05, 3.63) is 0 Å². The first-order chi connectivity index (χ1) is 8.28. The van der Waals surface area contributed by atoms with Gasteiger partial charge in [-0.25, -0.2) is 0 Å². The normalized spacial score (nSPS) is 14.8. The van der Waals surface area contributed by atoms with Crippen molar-refractivity contribution in [1.82, 2.24) is 0 Å². The molecule has 2 radical (unpaired) electrons. The fourth-order valence-electron chi connectivity index (χ4n) is 2.43. The van der Waals surface area contributed by atoms with Gasteiger partial charge in [-0.2, -0.15) is 0 Å². The second kappa shape index (κ2) is 13.2. The predicted octanol–water partition coefficient (Wildman–Crippen LogP) is 6.25. The molecule has 2 unspecified atom stereocenters. The van der Waals surface area contributed by atoms with Crippen LogP contribution >= 0.6 is 0 Å². The van der Waals surface area contributed by atoms with Gasteiger partial charge in [-0.1, -0.05) is 0 Å². The van der Waals surface area contributed by atoms with Crippen LogP contribution in [0.15, 0.2) is 0 Å². The van der Waals surface area contributed by atoms with E-state index < -0.39 is 0 Å². The van der Waals surface area contributed by atoms with Crippen molar-refractivity contribution in [2.45, 2.75) is 99.8 Å². The van der Waals surface area contributed by atoms with E-state index in [9.17, 15) is 0 Å². The molecule has 0 aliphatic heterocycles. The van der Waals surface area contributed by atoms with E-state index in [1.54, 1.807) is 12.8 Å². The summed E-state index contributed by atoms with van der Waals surface area (Å²) in [5.41, 5.74) is 0. The van der Waals surface area contributed by atoms with Gasteiger partial charge in [0.2, 0.25) is 0 Å². The van der Waals surface area contributed by atoms with E-state index in [4.69, 9.17) is 0 Å². The van der Waals surface area contributed by atoms with Crippen molar-refractivity contribution in [3.63, 3.8) is 0 Å². The summed E-state index contributed by atoms with van der Waals surface area (Å²) < 4.78 is 2.36. The molecule has 1 heteroatoms. The van der Waals surface area contributed by atoms with E-state index in [0.29, 0.717) is 0 Å². The van der Waals surface area contributed by atoms with Gasteiger partial charge >= 0.3 is 121 Å². The summed E-state index contributed by atoms with van der Waals surface area (Å²) in [5.74, 6) is 0. The van der Waals surface area contributed by atoms with Crippen molar-refractivity contribution in [2.24, 2.45) is 0 Å². The predicted molar refractivity (Wildman–Crippen MR) is 82.1 cm³/mol. The quantitative estimate of drug-likeness (QED) is 0.290. The summed E-state index contributed by atoms with van der Waals surface area (Å²) in [5, 5.41) is 0. The summed E-state index contributed by atoms with van der Waals surface area (Å²) in [6.07, 6.45) is 14.7. The van der Waals surface area contributed by atoms with E-state index >= 15 is 0 Å². The van der Waals surface area contributed by atoms with Gasteiger partial charge < -0.3 is 0 Å². The van der Waals surface area contributed by atoms with Gasteiger partial charge in [0.05, 0.1) is 0 Å². The molecular weight excluding hydrogens is 311 g/mol. The molecule has 0 bridgehead atoms. The fourth-order valence-corrected chi connectivity index (χ4v) is 7.79. The molecule has 0 heterocycles. The molecule has 2 atom stereocenters. The molecule has 0 saturated heterocycles. The second-order valence-corrected chi connectivity index (χ2v) is 11.0. The Morgan fingerprint density at radius 3 is 1.35 bits per heavy atom. The van der Waals surface area contributed by atoms with Gasteiger partial charge in [-0.05, 0) is 0 Å². The Kier molecular flexibility index (Phi) is 13.9. The van der Waals surface area contributed by atoms with Crippen LogP contribution in [0.5, 0.6) is 0 Å². The molecule has 0 rings (SSSR count). The van der Waals surface area contributed by atoms with Crippen LogP contribution in [0, 0.1) is 0 Å². The zero-order valence-corrected chi connectivity index (χ0v) is 15.6. The molecule has 0 aromatic heterocycles. The second-order valence-electron chi connectivity index (χ2n) is 5.37. The zero-order valence-electron chi connectivity index (χ0n) is 12.7. The van der Waals surface area contributed by atoms with Crippen LogP contribution in [0.4, 0.5) is 0 Å². The third kappa shape index (κ3) is 10.4. The van der Waals surface area contributed by atoms with Gasteiger partial charge in [-0.3, -0.25) is 0 Å². The summed E-state index contributed by atoms with van der Waals surface area (Å²) in [6, 6.07) is 0. The zero-order chi connectivity index (χ0) is 12.9. The Morgan fingerprint density at radius 2 is 1.06 bits per heavy atom. The summed E-state index contributed by atoms with van der Waals surface area (Å²) >= 11 is -0.112. The van der Waals surface area contributed by atoms with Crippen molar-refractivity contribution in [2.75, 3.05) is 0 Å². The van der Waals surface area contributed by atoms with Crippen LogP contribution in [0.1, 0.15) is 91.9 Å². The molecule has 17 heavy (non-hydrogen) atoms. The maximum atomic E-state index is 2.43. The number of hydrogen-bond donors (Lipinski definition) is 0. The van der Waals surface area contributed by atoms with Crippen molar-refractivity contribution in [1.29, 1.82) is 0 Å². The first kappa shape index (κ1) is 17.8. The van der Waals surface area contributed by atoms with E-state index in [2.05, 4.69) is 27.7 Å². The first-order valence-corrected chi connectivity index (χ1v) is 11.3. The monoisotopic (exact) mass is 346 g/mol. The standard InChI is InChI=1S/2C8H17.Sn/c2*1-3-5-7-8-6-4-2;/h2*5H,3-4,6-8H2,1-2H3;. The average Bonchev–Trinajstić information content (AvgIpc) is 2.36. The molecular formula is C16H34Sn. The van der Waals surface area contributed by atoms with E-state index in [1.165, 1.54) is 59.2 Å². The third-order valence-electron chi connectivity index (χ3n) is 3.77. The molecule has 0 saturated carbocycles. The Labute approximate surface area is 121 Å². The molecule has 0 fully saturated rings. The van der Waals surface area contributed by atoms with Crippen LogP contribution in [0.25, 0.3) is 0 Å². The van der Waals surface area contributed by atoms with Gasteiger partial charge in [0, 0.05) is 0 Å². The van der Waals surface area contributed by atoms with Crippen LogP contribution in [-0.2, 0) is 0 Å². The van der Waals surface area contributed by atoms with Crippen LogP contribution in [0.2, 0.25) is 7.87 Å².